The Labute approximate surface area is 842 Å². The molecule has 4 aliphatic carbocycles. The molecule has 15 N–H and O–H groups in total. The van der Waals surface area contributed by atoms with Gasteiger partial charge in [0.05, 0.1) is 156 Å². The second-order valence-corrected chi connectivity index (χ2v) is 33.2. The largest absolute Gasteiger partial charge is 0.507 e. The second kappa shape index (κ2) is 52.8. The number of hydrogen-bond donors (Lipinski definition) is 13. The van der Waals surface area contributed by atoms with Gasteiger partial charge in [0.25, 0.3) is 11.7 Å². The first-order chi connectivity index (χ1) is 70.8. The lowest BCUT2D eigenvalue weighted by molar-refractivity contribution is -0.134. The fourth-order valence-corrected chi connectivity index (χ4v) is 15.1. The second-order valence-electron chi connectivity index (χ2n) is 33.2. The standard InChI is InChI=1S/C19H24O10.C17H17NO6.C16H17NO7.2C16H15NO7.C16H15NO6.H2O/c1-10(27-12(9-21)4-5-20)28-16-8-13(22)17(23)19(29-16)11-6-14(25-2)18(24)15(7-11)26-3;1-22-15-8-11(2-3-13(15)19)17-16(21)14(20)9-12(24-17)10-18-4-6-23-7-5-18;3*18-11-7-13(20)12(19)6-10(11)16-15(22)14(21)5-9(24-16)8-17-1-3-23-4-2-17;18-12-2-1-10(7-13(12)19)16-15(21)14(20)8-11(23-16)9-17-3-5-22-6-4-17;/h6-8,10,12,20-21,23-24H,4-5,9H2,1-3H3;2-3,8-9H,4-7,10H2,1H3;5-7,18-20,22H,1-4,8H2;2*5-7,18,22H,1-4,8H2;1-2,7-8,21H,3-6,9H2;1H2/b;17-11-;;;;;. The predicted molar refractivity (Wildman–Crippen MR) is 513 cm³/mol. The van der Waals surface area contributed by atoms with Crippen LogP contribution < -0.4 is 41.4 Å². The summed E-state index contributed by atoms with van der Waals surface area (Å²) in [4.78, 5) is 174. The molecule has 2 aromatic carbocycles. The summed E-state index contributed by atoms with van der Waals surface area (Å²) in [6, 6.07) is 10.3. The van der Waals surface area contributed by atoms with Crippen LogP contribution in [0.3, 0.4) is 0 Å². The highest BCUT2D eigenvalue weighted by Gasteiger charge is 2.35. The maximum absolute atomic E-state index is 12.2. The van der Waals surface area contributed by atoms with Crippen LogP contribution in [0, 0.1) is 0 Å². The number of methoxy groups -OCH3 is 3. The van der Waals surface area contributed by atoms with Crippen LogP contribution in [0.2, 0.25) is 0 Å². The van der Waals surface area contributed by atoms with Crippen molar-refractivity contribution in [2.75, 3.05) is 173 Å². The zero-order chi connectivity index (χ0) is 107. The lowest BCUT2D eigenvalue weighted by atomic mass is 10.00. The molecule has 2 atom stereocenters. The van der Waals surface area contributed by atoms with Crippen molar-refractivity contribution >= 4 is 68.8 Å². The number of ether oxygens (including phenoxy) is 11. The quantitative estimate of drug-likeness (QED) is 0.00974. The summed E-state index contributed by atoms with van der Waals surface area (Å²) in [5.74, 6) is -12.5. The fourth-order valence-electron chi connectivity index (χ4n) is 15.1. The van der Waals surface area contributed by atoms with Crippen LogP contribution in [0.5, 0.6) is 69.2 Å². The van der Waals surface area contributed by atoms with Crippen molar-refractivity contribution in [3.05, 3.63) is 247 Å². The zero-order valence-electron chi connectivity index (χ0n) is 80.3. The number of aliphatic hydroxyl groups excluding tert-OH is 4. The summed E-state index contributed by atoms with van der Waals surface area (Å²) < 4.78 is 85.6. The minimum Gasteiger partial charge on any atom is -0.507 e. The van der Waals surface area contributed by atoms with Crippen molar-refractivity contribution in [3.8, 4) is 91.8 Å². The van der Waals surface area contributed by atoms with Crippen LogP contribution >= 0.6 is 0 Å². The van der Waals surface area contributed by atoms with Crippen molar-refractivity contribution in [2.24, 2.45) is 0 Å². The molecule has 2 unspecified atom stereocenters. The number of Topliss-reactive ketones (excluding diaryl/α,β-unsaturated/α-hetero) is 1. The van der Waals surface area contributed by atoms with Crippen molar-refractivity contribution in [1.29, 1.82) is 0 Å². The van der Waals surface area contributed by atoms with Crippen LogP contribution in [-0.4, -0.2) is 333 Å². The minimum atomic E-state index is -0.928. The number of ketones is 9. The van der Waals surface area contributed by atoms with E-state index >= 15 is 0 Å². The van der Waals surface area contributed by atoms with Crippen LogP contribution in [0.4, 0.5) is 0 Å². The molecular weight excluding hydrogens is 1980 g/mol. The van der Waals surface area contributed by atoms with Gasteiger partial charge in [-0.15, -0.1) is 0 Å². The molecule has 5 saturated heterocycles. The first-order valence-corrected chi connectivity index (χ1v) is 45.5. The van der Waals surface area contributed by atoms with Crippen LogP contribution in [0.15, 0.2) is 202 Å². The Bertz CT molecular complexity index is 6720. The average molecular weight is 2080 g/mol. The summed E-state index contributed by atoms with van der Waals surface area (Å²) >= 11 is 0. The third-order valence-corrected chi connectivity index (χ3v) is 22.8. The summed E-state index contributed by atoms with van der Waals surface area (Å²) in [6.07, 6.45) is 10.6. The molecule has 49 heteroatoms. The molecule has 149 heavy (non-hydrogen) atoms. The molecule has 5 aromatic heterocycles. The monoisotopic (exact) mass is 2080 g/mol. The van der Waals surface area contributed by atoms with Crippen LogP contribution in [0.1, 0.15) is 53.7 Å². The Morgan fingerprint density at radius 2 is 0.738 bits per heavy atom. The van der Waals surface area contributed by atoms with Gasteiger partial charge in [-0.3, -0.25) is 91.6 Å². The van der Waals surface area contributed by atoms with Crippen LogP contribution in [-0.2, 0) is 107 Å². The van der Waals surface area contributed by atoms with E-state index in [1.165, 1.54) is 82.9 Å². The van der Waals surface area contributed by atoms with E-state index in [0.717, 1.165) is 93.0 Å². The number of allylic oxidation sites excluding steroid dienone is 16. The van der Waals surface area contributed by atoms with Crippen molar-refractivity contribution in [1.82, 2.24) is 24.5 Å². The van der Waals surface area contributed by atoms with E-state index in [-0.39, 0.29) is 134 Å². The van der Waals surface area contributed by atoms with E-state index in [4.69, 9.17) is 79.3 Å². The van der Waals surface area contributed by atoms with Crippen molar-refractivity contribution in [3.63, 3.8) is 0 Å². The Hall–Kier alpha value is -16.1. The van der Waals surface area contributed by atoms with E-state index < -0.39 is 143 Å². The molecule has 0 radical (unpaired) electrons. The number of hydrogen-bond acceptors (Lipinski definition) is 48. The van der Waals surface area contributed by atoms with Gasteiger partial charge in [-0.1, -0.05) is 0 Å². The van der Waals surface area contributed by atoms with Crippen molar-refractivity contribution < 1.29 is 189 Å². The van der Waals surface area contributed by atoms with Gasteiger partial charge in [0.2, 0.25) is 114 Å². The lowest BCUT2D eigenvalue weighted by Gasteiger charge is -2.28. The number of morpholine rings is 5. The van der Waals surface area contributed by atoms with E-state index in [1.54, 1.807) is 0 Å². The first kappa shape index (κ1) is 113. The van der Waals surface area contributed by atoms with E-state index in [1.807, 2.05) is 14.7 Å². The van der Waals surface area contributed by atoms with Crippen molar-refractivity contribution in [2.45, 2.75) is 51.9 Å². The normalized spacial score (nSPS) is 18.2. The Morgan fingerprint density at radius 3 is 1.16 bits per heavy atom. The predicted octanol–water partition coefficient (Wildman–Crippen LogP) is 2.23. The van der Waals surface area contributed by atoms with Gasteiger partial charge >= 0.3 is 0 Å². The number of nitrogens with zero attached hydrogens (tertiary/aromatic N) is 5. The third kappa shape index (κ3) is 29.9. The molecule has 49 nitrogen and oxygen atoms in total. The Morgan fingerprint density at radius 1 is 0.356 bits per heavy atom. The highest BCUT2D eigenvalue weighted by Crippen LogP contribution is 2.45. The first-order valence-electron chi connectivity index (χ1n) is 45.5. The average Bonchev–Trinajstić information content (AvgIpc) is 0.786. The molecule has 5 fully saturated rings. The molecule has 10 aliphatic rings. The minimum absolute atomic E-state index is 0. The van der Waals surface area contributed by atoms with E-state index in [2.05, 4.69) is 9.80 Å². The maximum atomic E-state index is 12.2. The highest BCUT2D eigenvalue weighted by molar-refractivity contribution is 6.50. The number of phenols is 4. The number of phenolic OH excluding ortho intramolecular Hbond substituents is 4. The molecule has 17 rings (SSSR count). The third-order valence-electron chi connectivity index (χ3n) is 22.8. The molecule has 7 aromatic rings. The summed E-state index contributed by atoms with van der Waals surface area (Å²) in [5.41, 5.74) is -3.16. The van der Waals surface area contributed by atoms with Gasteiger partial charge in [-0.05, 0) is 61.9 Å². The maximum Gasteiger partial charge on any atom is 0.291 e. The fraction of sp³-hybridized carbons (Fsp3) is 0.340. The molecule has 0 saturated carbocycles. The molecule has 0 bridgehead atoms. The van der Waals surface area contributed by atoms with Gasteiger partial charge in [0.15, 0.2) is 63.3 Å². The summed E-state index contributed by atoms with van der Waals surface area (Å²) in [6.45, 7) is 15.7. The molecule has 0 amide bonds. The van der Waals surface area contributed by atoms with Gasteiger partial charge in [-0.25, -0.2) is 0 Å². The number of benzene rings is 2. The van der Waals surface area contributed by atoms with Gasteiger partial charge < -0.3 is 146 Å². The number of rotatable bonds is 25. The molecule has 0 spiro atoms. The SMILES string of the molecule is COC1=C/C(=C2\OC(CN3CCOCC3)=CC(=O)C2=O)C=CC1=O.COc1cc(-c2oc(OC(C)OC(CO)CCO)cc(=O)c2O)cc(OC)c1O.O.O=C1C=C(O)C(c2oc(CN3CCOCC3)cc(=O)c2O)=CC1=O.O=C1C=C(O)C(c2oc(CN3CCOCC3)cc(=O)c2O)=CC1=O.O=C1C=CC(c2oc(CN3CCOCC3)cc(=O)c2O)=CC1=O.O=c1cc(CN2CCOCC2)oc(-c2cc(O)c(O)cc2O)c1O. The van der Waals surface area contributed by atoms with Crippen LogP contribution in [0.25, 0.3) is 39.4 Å². The van der Waals surface area contributed by atoms with E-state index in [0.29, 0.717) is 161 Å². The Kier molecular flexibility index (Phi) is 40.1. The summed E-state index contributed by atoms with van der Waals surface area (Å²) in [7, 11) is 4.03. The van der Waals surface area contributed by atoms with E-state index in [9.17, 15) is 128 Å². The number of carbonyl (C=O) groups excluding carboxylic acids is 9. The topological polar surface area (TPSA) is 717 Å². The summed E-state index contributed by atoms with van der Waals surface area (Å²) in [5, 5.41) is 127. The molecule has 794 valence electrons. The highest BCUT2D eigenvalue weighted by atomic mass is 16.7. The lowest BCUT2D eigenvalue weighted by Crippen LogP contribution is -2.38. The molecule has 11 heterocycles. The smallest absolute Gasteiger partial charge is 0.291 e. The number of carbonyl (C=O) groups is 9. The number of aromatic hydroxyl groups is 9. The zero-order valence-corrected chi connectivity index (χ0v) is 80.3. The molecular formula is C100H105N5O44. The van der Waals surface area contributed by atoms with Gasteiger partial charge in [0, 0.05) is 156 Å². The Balaban J connectivity index is 0.000000170. The molecule has 6 aliphatic heterocycles. The number of aliphatic hydroxyl groups is 4. The van der Waals surface area contributed by atoms with Gasteiger partial charge in [0.1, 0.15) is 46.1 Å². The van der Waals surface area contributed by atoms with Gasteiger partial charge in [-0.2, -0.15) is 0 Å².